The van der Waals surface area contributed by atoms with Crippen LogP contribution in [0.3, 0.4) is 0 Å². The fourth-order valence-corrected chi connectivity index (χ4v) is 3.39. The molecule has 1 unspecified atom stereocenters. The van der Waals surface area contributed by atoms with E-state index < -0.39 is 0 Å². The van der Waals surface area contributed by atoms with E-state index in [0.29, 0.717) is 12.6 Å². The first-order chi connectivity index (χ1) is 8.13. The summed E-state index contributed by atoms with van der Waals surface area (Å²) in [6.45, 7) is 6.83. The topological polar surface area (TPSA) is 15.3 Å². The third-order valence-electron chi connectivity index (χ3n) is 4.64. The highest BCUT2D eigenvalue weighted by Crippen LogP contribution is 2.30. The third kappa shape index (κ3) is 3.19. The Kier molecular flexibility index (Phi) is 4.42. The molecule has 1 aliphatic heterocycles. The number of rotatable bonds is 3. The zero-order valence-corrected chi connectivity index (χ0v) is 11.3. The van der Waals surface area contributed by atoms with Gasteiger partial charge >= 0.3 is 0 Å². The predicted molar refractivity (Wildman–Crippen MR) is 70.0 cm³/mol. The lowest BCUT2D eigenvalue weighted by Crippen LogP contribution is -2.64. The zero-order valence-electron chi connectivity index (χ0n) is 11.3. The number of hydrogen-bond donors (Lipinski definition) is 1. The van der Waals surface area contributed by atoms with Gasteiger partial charge in [-0.15, -0.1) is 0 Å². The van der Waals surface area contributed by atoms with E-state index in [9.17, 15) is 4.39 Å². The number of alkyl halides is 1. The molecule has 0 aromatic carbocycles. The predicted octanol–water partition coefficient (Wildman–Crippen LogP) is 2.59. The first-order valence-corrected chi connectivity index (χ1v) is 7.18. The summed E-state index contributed by atoms with van der Waals surface area (Å²) in [5.41, 5.74) is 0.108. The molecule has 2 fully saturated rings. The van der Waals surface area contributed by atoms with E-state index in [1.807, 2.05) is 0 Å². The van der Waals surface area contributed by atoms with Gasteiger partial charge in [-0.1, -0.05) is 19.3 Å². The molecule has 1 saturated heterocycles. The van der Waals surface area contributed by atoms with Gasteiger partial charge in [0.1, 0.15) is 6.67 Å². The van der Waals surface area contributed by atoms with Gasteiger partial charge in [-0.3, -0.25) is 4.90 Å². The first kappa shape index (κ1) is 13.3. The van der Waals surface area contributed by atoms with Crippen molar-refractivity contribution in [2.45, 2.75) is 57.5 Å². The van der Waals surface area contributed by atoms with E-state index in [1.54, 1.807) is 0 Å². The molecule has 100 valence electrons. The quantitative estimate of drug-likeness (QED) is 0.818. The summed E-state index contributed by atoms with van der Waals surface area (Å²) < 4.78 is 12.6. The lowest BCUT2D eigenvalue weighted by atomic mass is 9.81. The Hall–Kier alpha value is -0.150. The van der Waals surface area contributed by atoms with Crippen molar-refractivity contribution in [3.8, 4) is 0 Å². The summed E-state index contributed by atoms with van der Waals surface area (Å²) in [5.74, 6) is 0.821. The van der Waals surface area contributed by atoms with E-state index in [2.05, 4.69) is 24.1 Å². The molecule has 17 heavy (non-hydrogen) atoms. The highest BCUT2D eigenvalue weighted by molar-refractivity contribution is 4.95. The molecule has 0 aromatic heterocycles. The van der Waals surface area contributed by atoms with Crippen LogP contribution in [0.4, 0.5) is 4.39 Å². The molecular formula is C14H27FN2. The first-order valence-electron chi connectivity index (χ1n) is 7.18. The molecular weight excluding hydrogens is 215 g/mol. The molecule has 1 heterocycles. The molecule has 3 heteroatoms. The van der Waals surface area contributed by atoms with Crippen LogP contribution in [-0.4, -0.2) is 42.8 Å². The van der Waals surface area contributed by atoms with Crippen LogP contribution >= 0.6 is 0 Å². The molecule has 0 spiro atoms. The van der Waals surface area contributed by atoms with Crippen molar-refractivity contribution < 1.29 is 4.39 Å². The summed E-state index contributed by atoms with van der Waals surface area (Å²) in [6.07, 6.45) is 6.90. The highest BCUT2D eigenvalue weighted by Gasteiger charge is 2.36. The maximum atomic E-state index is 12.6. The Morgan fingerprint density at radius 2 is 1.94 bits per heavy atom. The van der Waals surface area contributed by atoms with E-state index in [0.717, 1.165) is 19.0 Å². The summed E-state index contributed by atoms with van der Waals surface area (Å²) in [7, 11) is 0. The van der Waals surface area contributed by atoms with Crippen molar-refractivity contribution in [3.05, 3.63) is 0 Å². The Morgan fingerprint density at radius 3 is 2.59 bits per heavy atom. The normalized spacial score (nSPS) is 31.6. The largest absolute Gasteiger partial charge is 0.311 e. The van der Waals surface area contributed by atoms with E-state index in [-0.39, 0.29) is 12.2 Å². The summed E-state index contributed by atoms with van der Waals surface area (Å²) >= 11 is 0. The molecule has 0 radical (unpaired) electrons. The van der Waals surface area contributed by atoms with Gasteiger partial charge in [0, 0.05) is 31.2 Å². The highest BCUT2D eigenvalue weighted by atomic mass is 19.1. The van der Waals surface area contributed by atoms with Gasteiger partial charge in [0.2, 0.25) is 0 Å². The van der Waals surface area contributed by atoms with Gasteiger partial charge < -0.3 is 5.32 Å². The van der Waals surface area contributed by atoms with Crippen LogP contribution < -0.4 is 5.32 Å². The Labute approximate surface area is 105 Å². The Balaban J connectivity index is 1.93. The van der Waals surface area contributed by atoms with Crippen molar-refractivity contribution >= 4 is 0 Å². The molecule has 2 aliphatic rings. The lowest BCUT2D eigenvalue weighted by molar-refractivity contribution is 0.0395. The number of nitrogens with zero attached hydrogens (tertiary/aromatic N) is 1. The van der Waals surface area contributed by atoms with Gasteiger partial charge in [-0.25, -0.2) is 4.39 Å². The number of hydrogen-bond acceptors (Lipinski definition) is 2. The van der Waals surface area contributed by atoms with Crippen LogP contribution in [0.25, 0.3) is 0 Å². The van der Waals surface area contributed by atoms with Gasteiger partial charge in [0.05, 0.1) is 0 Å². The SMILES string of the molecule is CC1(C)CNC(C2CCCCC2)CN1CCF. The van der Waals surface area contributed by atoms with Crippen molar-refractivity contribution in [2.75, 3.05) is 26.3 Å². The molecule has 2 rings (SSSR count). The molecule has 2 nitrogen and oxygen atoms in total. The van der Waals surface area contributed by atoms with Crippen molar-refractivity contribution in [1.29, 1.82) is 0 Å². The molecule has 1 aliphatic carbocycles. The molecule has 0 amide bonds. The van der Waals surface area contributed by atoms with Crippen molar-refractivity contribution in [3.63, 3.8) is 0 Å². The average Bonchev–Trinajstić information content (AvgIpc) is 2.33. The molecule has 1 atom stereocenters. The Morgan fingerprint density at radius 1 is 1.24 bits per heavy atom. The average molecular weight is 242 g/mol. The van der Waals surface area contributed by atoms with Crippen LogP contribution in [0.15, 0.2) is 0 Å². The standard InChI is InChI=1S/C14H27FN2/c1-14(2)11-16-13(10-17(14)9-8-15)12-6-4-3-5-7-12/h12-13,16H,3-11H2,1-2H3. The second kappa shape index (κ2) is 5.66. The van der Waals surface area contributed by atoms with Crippen LogP contribution in [0.5, 0.6) is 0 Å². The van der Waals surface area contributed by atoms with E-state index in [4.69, 9.17) is 0 Å². The summed E-state index contributed by atoms with van der Waals surface area (Å²) in [6, 6.07) is 0.592. The second-order valence-corrected chi connectivity index (χ2v) is 6.33. The van der Waals surface area contributed by atoms with Gasteiger partial charge in [-0.05, 0) is 32.6 Å². The summed E-state index contributed by atoms with van der Waals surface area (Å²) in [4.78, 5) is 2.34. The number of halogens is 1. The fraction of sp³-hybridized carbons (Fsp3) is 1.00. The fourth-order valence-electron chi connectivity index (χ4n) is 3.39. The summed E-state index contributed by atoms with van der Waals surface area (Å²) in [5, 5.41) is 3.70. The Bertz CT molecular complexity index is 236. The molecule has 1 N–H and O–H groups in total. The minimum Gasteiger partial charge on any atom is -0.311 e. The van der Waals surface area contributed by atoms with Crippen LogP contribution in [-0.2, 0) is 0 Å². The number of nitrogens with one attached hydrogen (secondary N) is 1. The van der Waals surface area contributed by atoms with Gasteiger partial charge in [0.25, 0.3) is 0 Å². The second-order valence-electron chi connectivity index (χ2n) is 6.33. The molecule has 0 bridgehead atoms. The third-order valence-corrected chi connectivity index (χ3v) is 4.64. The lowest BCUT2D eigenvalue weighted by Gasteiger charge is -2.48. The molecule has 0 aromatic rings. The minimum absolute atomic E-state index is 0.108. The van der Waals surface area contributed by atoms with E-state index >= 15 is 0 Å². The van der Waals surface area contributed by atoms with Crippen LogP contribution in [0.1, 0.15) is 46.0 Å². The number of piperazine rings is 1. The zero-order chi connectivity index (χ0) is 12.3. The maximum absolute atomic E-state index is 12.6. The monoisotopic (exact) mass is 242 g/mol. The van der Waals surface area contributed by atoms with Crippen molar-refractivity contribution in [1.82, 2.24) is 10.2 Å². The smallest absolute Gasteiger partial charge is 0.102 e. The minimum atomic E-state index is -0.221. The van der Waals surface area contributed by atoms with E-state index in [1.165, 1.54) is 32.1 Å². The van der Waals surface area contributed by atoms with Crippen LogP contribution in [0.2, 0.25) is 0 Å². The van der Waals surface area contributed by atoms with Gasteiger partial charge in [0.15, 0.2) is 0 Å². The van der Waals surface area contributed by atoms with Crippen LogP contribution in [0, 0.1) is 5.92 Å². The molecule has 1 saturated carbocycles. The van der Waals surface area contributed by atoms with Crippen molar-refractivity contribution in [2.24, 2.45) is 5.92 Å². The maximum Gasteiger partial charge on any atom is 0.102 e. The van der Waals surface area contributed by atoms with Gasteiger partial charge in [-0.2, -0.15) is 0 Å².